The van der Waals surface area contributed by atoms with Crippen LogP contribution in [0.15, 0.2) is 42.5 Å². The minimum atomic E-state index is -0.434. The molecule has 0 heterocycles. The Morgan fingerprint density at radius 1 is 1.00 bits per heavy atom. The first-order chi connectivity index (χ1) is 13.4. The largest absolute Gasteiger partial charge is 0.493 e. The lowest BCUT2D eigenvalue weighted by molar-refractivity contribution is -0.119. The van der Waals surface area contributed by atoms with E-state index in [-0.39, 0.29) is 31.3 Å². The zero-order chi connectivity index (χ0) is 20.5. The summed E-state index contributed by atoms with van der Waals surface area (Å²) in [6.45, 7) is 1.42. The normalized spacial score (nSPS) is 10.1. The second-order valence-corrected chi connectivity index (χ2v) is 5.85. The fraction of sp³-hybridized carbons (Fsp3) is 0.250. The number of benzene rings is 2. The number of hydrogen-bond acceptors (Lipinski definition) is 6. The van der Waals surface area contributed by atoms with Crippen LogP contribution in [-0.4, -0.2) is 37.9 Å². The number of carbonyl (C=O) groups excluding carboxylic acids is 3. The topological polar surface area (TPSA) is 117 Å². The maximum atomic E-state index is 12.1. The predicted molar refractivity (Wildman–Crippen MR) is 103 cm³/mol. The SMILES string of the molecule is COc1cc(C(C)=O)ccc1OCC(=O)Nc1ccc(OCCC(N)=O)cc1. The quantitative estimate of drug-likeness (QED) is 0.605. The fourth-order valence-electron chi connectivity index (χ4n) is 2.25. The number of anilines is 1. The summed E-state index contributed by atoms with van der Waals surface area (Å²) in [6, 6.07) is 11.4. The average Bonchev–Trinajstić information content (AvgIpc) is 2.67. The minimum absolute atomic E-state index is 0.0929. The van der Waals surface area contributed by atoms with E-state index in [0.29, 0.717) is 28.5 Å². The van der Waals surface area contributed by atoms with Crippen LogP contribution in [0, 0.1) is 0 Å². The van der Waals surface area contributed by atoms with Gasteiger partial charge in [-0.25, -0.2) is 0 Å². The number of nitrogens with two attached hydrogens (primary N) is 1. The average molecular weight is 386 g/mol. The molecule has 0 radical (unpaired) electrons. The van der Waals surface area contributed by atoms with E-state index < -0.39 is 5.91 Å². The molecule has 0 bridgehead atoms. The van der Waals surface area contributed by atoms with E-state index in [1.54, 1.807) is 42.5 Å². The number of amides is 2. The molecule has 2 aromatic carbocycles. The van der Waals surface area contributed by atoms with Gasteiger partial charge in [-0.1, -0.05) is 0 Å². The van der Waals surface area contributed by atoms with Gasteiger partial charge in [0.15, 0.2) is 23.9 Å². The van der Waals surface area contributed by atoms with Gasteiger partial charge < -0.3 is 25.3 Å². The number of ether oxygens (including phenoxy) is 3. The Balaban J connectivity index is 1.87. The number of rotatable bonds is 10. The van der Waals surface area contributed by atoms with Crippen molar-refractivity contribution in [2.24, 2.45) is 5.73 Å². The highest BCUT2D eigenvalue weighted by Gasteiger charge is 2.11. The standard InChI is InChI=1S/C20H22N2O6/c1-13(23)14-3-8-17(18(11-14)26-2)28-12-20(25)22-15-4-6-16(7-5-15)27-10-9-19(21)24/h3-8,11H,9-10,12H2,1-2H3,(H2,21,24)(H,22,25). The number of hydrogen-bond donors (Lipinski definition) is 2. The minimum Gasteiger partial charge on any atom is -0.493 e. The molecule has 0 aliphatic carbocycles. The first-order valence-electron chi connectivity index (χ1n) is 8.52. The van der Waals surface area contributed by atoms with E-state index in [2.05, 4.69) is 5.32 Å². The third-order valence-corrected chi connectivity index (χ3v) is 3.68. The molecule has 28 heavy (non-hydrogen) atoms. The summed E-state index contributed by atoms with van der Waals surface area (Å²) >= 11 is 0. The van der Waals surface area contributed by atoms with Gasteiger partial charge in [-0.3, -0.25) is 14.4 Å². The molecule has 0 saturated heterocycles. The Hall–Kier alpha value is -3.55. The number of ketones is 1. The van der Waals surface area contributed by atoms with Gasteiger partial charge in [0.2, 0.25) is 5.91 Å². The molecular weight excluding hydrogens is 364 g/mol. The third kappa shape index (κ3) is 6.31. The maximum Gasteiger partial charge on any atom is 0.262 e. The monoisotopic (exact) mass is 386 g/mol. The summed E-state index contributed by atoms with van der Waals surface area (Å²) in [5, 5.41) is 2.69. The van der Waals surface area contributed by atoms with Gasteiger partial charge >= 0.3 is 0 Å². The second-order valence-electron chi connectivity index (χ2n) is 5.85. The van der Waals surface area contributed by atoms with Gasteiger partial charge in [0.05, 0.1) is 20.1 Å². The van der Waals surface area contributed by atoms with Crippen LogP contribution >= 0.6 is 0 Å². The Kier molecular flexibility index (Phi) is 7.38. The molecule has 148 valence electrons. The van der Waals surface area contributed by atoms with Crippen molar-refractivity contribution in [3.05, 3.63) is 48.0 Å². The van der Waals surface area contributed by atoms with Gasteiger partial charge in [0.1, 0.15) is 5.75 Å². The predicted octanol–water partition coefficient (Wildman–Crippen LogP) is 2.17. The summed E-state index contributed by atoms with van der Waals surface area (Å²) in [6.07, 6.45) is 0.132. The Morgan fingerprint density at radius 2 is 1.71 bits per heavy atom. The first-order valence-corrected chi connectivity index (χ1v) is 8.52. The molecule has 0 fully saturated rings. The summed E-state index contributed by atoms with van der Waals surface area (Å²) in [5.41, 5.74) is 6.10. The van der Waals surface area contributed by atoms with Crippen LogP contribution in [0.3, 0.4) is 0 Å². The van der Waals surface area contributed by atoms with E-state index in [1.807, 2.05) is 0 Å². The fourth-order valence-corrected chi connectivity index (χ4v) is 2.25. The van der Waals surface area contributed by atoms with Gasteiger partial charge in [-0.05, 0) is 49.4 Å². The van der Waals surface area contributed by atoms with Crippen molar-refractivity contribution >= 4 is 23.3 Å². The maximum absolute atomic E-state index is 12.1. The van der Waals surface area contributed by atoms with Crippen LogP contribution in [0.4, 0.5) is 5.69 Å². The molecule has 2 amide bonds. The van der Waals surface area contributed by atoms with Gasteiger partial charge in [-0.15, -0.1) is 0 Å². The molecule has 0 aliphatic rings. The van der Waals surface area contributed by atoms with E-state index in [0.717, 1.165) is 0 Å². The lowest BCUT2D eigenvalue weighted by Crippen LogP contribution is -2.20. The molecule has 0 atom stereocenters. The van der Waals surface area contributed by atoms with Gasteiger partial charge in [0.25, 0.3) is 5.91 Å². The molecule has 0 saturated carbocycles. The highest BCUT2D eigenvalue weighted by atomic mass is 16.5. The molecule has 0 unspecified atom stereocenters. The van der Waals surface area contributed by atoms with Crippen molar-refractivity contribution in [3.63, 3.8) is 0 Å². The van der Waals surface area contributed by atoms with Crippen molar-refractivity contribution in [1.29, 1.82) is 0 Å². The molecular formula is C20H22N2O6. The van der Waals surface area contributed by atoms with Crippen LogP contribution in [0.2, 0.25) is 0 Å². The molecule has 2 rings (SSSR count). The van der Waals surface area contributed by atoms with Crippen molar-refractivity contribution < 1.29 is 28.6 Å². The number of primary amides is 1. The summed E-state index contributed by atoms with van der Waals surface area (Å²) < 4.78 is 16.0. The van der Waals surface area contributed by atoms with Crippen LogP contribution in [0.5, 0.6) is 17.2 Å². The summed E-state index contributed by atoms with van der Waals surface area (Å²) in [4.78, 5) is 34.2. The van der Waals surface area contributed by atoms with E-state index in [1.165, 1.54) is 14.0 Å². The Labute approximate surface area is 162 Å². The Morgan fingerprint density at radius 3 is 2.32 bits per heavy atom. The second kappa shape index (κ2) is 9.96. The zero-order valence-electron chi connectivity index (χ0n) is 15.7. The summed E-state index contributed by atoms with van der Waals surface area (Å²) in [5.74, 6) is 0.408. The van der Waals surface area contributed by atoms with Gasteiger partial charge in [0, 0.05) is 11.3 Å². The highest BCUT2D eigenvalue weighted by Crippen LogP contribution is 2.28. The molecule has 3 N–H and O–H groups in total. The molecule has 8 nitrogen and oxygen atoms in total. The van der Waals surface area contributed by atoms with Crippen LogP contribution < -0.4 is 25.3 Å². The zero-order valence-corrected chi connectivity index (χ0v) is 15.7. The molecule has 0 spiro atoms. The lowest BCUT2D eigenvalue weighted by Gasteiger charge is -2.12. The number of methoxy groups -OCH3 is 1. The molecule has 2 aromatic rings. The van der Waals surface area contributed by atoms with Crippen molar-refractivity contribution in [1.82, 2.24) is 0 Å². The first kappa shape index (κ1) is 20.8. The van der Waals surface area contributed by atoms with E-state index in [9.17, 15) is 14.4 Å². The highest BCUT2D eigenvalue weighted by molar-refractivity contribution is 5.95. The summed E-state index contributed by atoms with van der Waals surface area (Å²) in [7, 11) is 1.46. The van der Waals surface area contributed by atoms with E-state index in [4.69, 9.17) is 19.9 Å². The molecule has 8 heteroatoms. The van der Waals surface area contributed by atoms with E-state index >= 15 is 0 Å². The lowest BCUT2D eigenvalue weighted by atomic mass is 10.1. The van der Waals surface area contributed by atoms with Crippen LogP contribution in [0.25, 0.3) is 0 Å². The number of Topliss-reactive ketones (excluding diaryl/α,β-unsaturated/α-hetero) is 1. The van der Waals surface area contributed by atoms with Crippen molar-refractivity contribution in [2.75, 3.05) is 25.6 Å². The smallest absolute Gasteiger partial charge is 0.262 e. The van der Waals surface area contributed by atoms with Crippen LogP contribution in [-0.2, 0) is 9.59 Å². The number of carbonyl (C=O) groups is 3. The third-order valence-electron chi connectivity index (χ3n) is 3.68. The molecule has 0 aromatic heterocycles. The van der Waals surface area contributed by atoms with Crippen molar-refractivity contribution in [3.8, 4) is 17.2 Å². The number of nitrogens with one attached hydrogen (secondary N) is 1. The van der Waals surface area contributed by atoms with Crippen LogP contribution in [0.1, 0.15) is 23.7 Å². The van der Waals surface area contributed by atoms with Gasteiger partial charge in [-0.2, -0.15) is 0 Å². The van der Waals surface area contributed by atoms with Crippen molar-refractivity contribution in [2.45, 2.75) is 13.3 Å². The molecule has 0 aliphatic heterocycles. The Bertz CT molecular complexity index is 848.